The molecule has 0 aromatic carbocycles. The fraction of sp³-hybridized carbons (Fsp3) is 0.944. The average Bonchev–Trinajstić information content (AvgIpc) is 2.74. The summed E-state index contributed by atoms with van der Waals surface area (Å²) in [6.45, 7) is 13.7. The number of hydrogen-bond acceptors (Lipinski definition) is 8. The van der Waals surface area contributed by atoms with Crippen LogP contribution in [0.25, 0.3) is 0 Å². The molecule has 0 aliphatic carbocycles. The number of aliphatic hydroxyl groups is 1. The fourth-order valence-electron chi connectivity index (χ4n) is 3.39. The third-order valence-electron chi connectivity index (χ3n) is 4.31. The van der Waals surface area contributed by atoms with Crippen molar-refractivity contribution in [2.45, 2.75) is 97.3 Å². The number of carbonyl (C=O) groups is 1. The second kappa shape index (κ2) is 9.34. The van der Waals surface area contributed by atoms with Crippen molar-refractivity contribution in [2.75, 3.05) is 13.2 Å². The number of carbonyl (C=O) groups excluding carboxylic acids is 1. The Morgan fingerprint density at radius 1 is 1.29 bits per heavy atom. The fourth-order valence-corrected chi connectivity index (χ4v) is 3.39. The quantitative estimate of drug-likeness (QED) is 0.370. The minimum absolute atomic E-state index is 0.166. The van der Waals surface area contributed by atoms with Gasteiger partial charge in [-0.15, -0.1) is 0 Å². The van der Waals surface area contributed by atoms with Gasteiger partial charge in [-0.05, 0) is 55.4 Å². The van der Waals surface area contributed by atoms with Crippen LogP contribution in [0.3, 0.4) is 0 Å². The largest absolute Gasteiger partial charge is 0.444 e. The Morgan fingerprint density at radius 3 is 2.18 bits per heavy atom. The maximum Gasteiger partial charge on any atom is 0.413 e. The summed E-state index contributed by atoms with van der Waals surface area (Å²) < 4.78 is 22.0. The molecule has 1 N–H and O–H groups in total. The van der Waals surface area contributed by atoms with Crippen molar-refractivity contribution in [3.05, 3.63) is 10.1 Å². The van der Waals surface area contributed by atoms with Crippen LogP contribution in [0.2, 0.25) is 0 Å². The molecule has 1 rings (SSSR count). The van der Waals surface area contributed by atoms with Crippen molar-refractivity contribution in [1.29, 1.82) is 0 Å². The van der Waals surface area contributed by atoms with Crippen molar-refractivity contribution in [3.63, 3.8) is 0 Å². The van der Waals surface area contributed by atoms with Crippen LogP contribution in [0.1, 0.15) is 55.4 Å². The lowest BCUT2D eigenvalue weighted by molar-refractivity contribution is -0.562. The summed E-state index contributed by atoms with van der Waals surface area (Å²) in [5.74, 6) is 0. The summed E-state index contributed by atoms with van der Waals surface area (Å²) in [7, 11) is 0. The number of nitro groups is 1. The van der Waals surface area contributed by atoms with Gasteiger partial charge in [0.1, 0.15) is 17.4 Å². The zero-order chi connectivity index (χ0) is 21.9. The molecule has 28 heavy (non-hydrogen) atoms. The minimum Gasteiger partial charge on any atom is -0.444 e. The third-order valence-corrected chi connectivity index (χ3v) is 4.31. The smallest absolute Gasteiger partial charge is 0.413 e. The Labute approximate surface area is 166 Å². The van der Waals surface area contributed by atoms with Crippen LogP contribution in [0.5, 0.6) is 0 Å². The molecule has 0 saturated carbocycles. The van der Waals surface area contributed by atoms with Crippen molar-refractivity contribution in [3.8, 4) is 0 Å². The standard InChI is InChI=1S/C18H34N2O8/c1-9-25-15(26-10-2)13(20(23)24)14(21)12-11(3)27-18(7,8)19(12)16(22)28-17(4,5)6/h11-15,21H,9-10H2,1-8H3/t11-,12+,13-,14+/m1/s1. The Kier molecular flexibility index (Phi) is 8.19. The topological polar surface area (TPSA) is 121 Å². The molecule has 0 bridgehead atoms. The highest BCUT2D eigenvalue weighted by atomic mass is 16.7. The lowest BCUT2D eigenvalue weighted by atomic mass is 9.97. The highest BCUT2D eigenvalue weighted by molar-refractivity contribution is 5.70. The van der Waals surface area contributed by atoms with E-state index < -0.39 is 52.9 Å². The molecular weight excluding hydrogens is 372 g/mol. The molecule has 0 spiro atoms. The number of hydrogen-bond donors (Lipinski definition) is 1. The summed E-state index contributed by atoms with van der Waals surface area (Å²) in [6, 6.07) is -2.64. The van der Waals surface area contributed by atoms with E-state index in [1.54, 1.807) is 55.4 Å². The molecule has 1 heterocycles. The highest BCUT2D eigenvalue weighted by Crippen LogP contribution is 2.36. The molecule has 1 saturated heterocycles. The molecule has 1 aliphatic heterocycles. The van der Waals surface area contributed by atoms with E-state index in [1.807, 2.05) is 0 Å². The summed E-state index contributed by atoms with van der Waals surface area (Å²) in [5, 5.41) is 22.8. The summed E-state index contributed by atoms with van der Waals surface area (Å²) in [6.07, 6.45) is -4.28. The zero-order valence-electron chi connectivity index (χ0n) is 18.0. The van der Waals surface area contributed by atoms with Crippen LogP contribution in [0.4, 0.5) is 4.79 Å². The van der Waals surface area contributed by atoms with Crippen molar-refractivity contribution in [2.24, 2.45) is 0 Å². The van der Waals surface area contributed by atoms with Crippen LogP contribution >= 0.6 is 0 Å². The van der Waals surface area contributed by atoms with Gasteiger partial charge in [-0.1, -0.05) is 0 Å². The second-order valence-electron chi connectivity index (χ2n) is 8.16. The normalized spacial score (nSPS) is 24.3. The SMILES string of the molecule is CCOC(OCC)[C@@H]([C@@H](O)[C@@H]1[C@@H](C)OC(C)(C)N1C(=O)OC(C)(C)C)[N+](=O)[O-]. The van der Waals surface area contributed by atoms with E-state index in [4.69, 9.17) is 18.9 Å². The number of rotatable bonds is 8. The third kappa shape index (κ3) is 5.76. The van der Waals surface area contributed by atoms with E-state index in [-0.39, 0.29) is 13.2 Å². The first-order valence-corrected chi connectivity index (χ1v) is 9.51. The van der Waals surface area contributed by atoms with E-state index in [2.05, 4.69) is 0 Å². The molecule has 0 aromatic heterocycles. The molecule has 1 amide bonds. The maximum absolute atomic E-state index is 12.8. The van der Waals surface area contributed by atoms with Gasteiger partial charge in [0.05, 0.1) is 12.1 Å². The number of amides is 1. The van der Waals surface area contributed by atoms with Gasteiger partial charge in [0.2, 0.25) is 6.29 Å². The molecule has 1 aliphatic rings. The molecular formula is C18H34N2O8. The van der Waals surface area contributed by atoms with E-state index in [9.17, 15) is 20.0 Å². The van der Waals surface area contributed by atoms with Gasteiger partial charge in [0.25, 0.3) is 6.04 Å². The molecule has 164 valence electrons. The molecule has 1 fully saturated rings. The van der Waals surface area contributed by atoms with E-state index >= 15 is 0 Å². The Hall–Kier alpha value is -1.49. The molecule has 0 radical (unpaired) electrons. The maximum atomic E-state index is 12.8. The van der Waals surface area contributed by atoms with Gasteiger partial charge < -0.3 is 24.1 Å². The molecule has 0 aromatic rings. The zero-order valence-corrected chi connectivity index (χ0v) is 18.0. The first-order chi connectivity index (χ1) is 12.8. The number of nitrogens with zero attached hydrogens (tertiary/aromatic N) is 2. The van der Waals surface area contributed by atoms with Crippen LogP contribution < -0.4 is 0 Å². The van der Waals surface area contributed by atoms with Crippen LogP contribution in [0, 0.1) is 10.1 Å². The highest BCUT2D eigenvalue weighted by Gasteiger charge is 2.57. The number of aliphatic hydroxyl groups excluding tert-OH is 1. The Bertz CT molecular complexity index is 542. The first kappa shape index (κ1) is 24.5. The van der Waals surface area contributed by atoms with Gasteiger partial charge in [0, 0.05) is 18.1 Å². The van der Waals surface area contributed by atoms with Crippen LogP contribution in [-0.4, -0.2) is 76.1 Å². The summed E-state index contributed by atoms with van der Waals surface area (Å²) in [4.78, 5) is 25.2. The van der Waals surface area contributed by atoms with Gasteiger partial charge in [-0.2, -0.15) is 0 Å². The Morgan fingerprint density at radius 2 is 1.79 bits per heavy atom. The monoisotopic (exact) mass is 406 g/mol. The lowest BCUT2D eigenvalue weighted by Crippen LogP contribution is -2.60. The summed E-state index contributed by atoms with van der Waals surface area (Å²) >= 11 is 0. The first-order valence-electron chi connectivity index (χ1n) is 9.51. The van der Waals surface area contributed by atoms with Gasteiger partial charge >= 0.3 is 6.09 Å². The van der Waals surface area contributed by atoms with Gasteiger partial charge in [0.15, 0.2) is 0 Å². The number of ether oxygens (including phenoxy) is 4. The molecule has 0 unspecified atom stereocenters. The predicted octanol–water partition coefficient (Wildman–Crippen LogP) is 2.15. The average molecular weight is 406 g/mol. The predicted molar refractivity (Wildman–Crippen MR) is 100 cm³/mol. The van der Waals surface area contributed by atoms with Gasteiger partial charge in [-0.25, -0.2) is 4.79 Å². The second-order valence-corrected chi connectivity index (χ2v) is 8.16. The van der Waals surface area contributed by atoms with Crippen molar-refractivity contribution < 1.29 is 33.8 Å². The van der Waals surface area contributed by atoms with Crippen LogP contribution in [0.15, 0.2) is 0 Å². The summed E-state index contributed by atoms with van der Waals surface area (Å²) in [5.41, 5.74) is -1.91. The van der Waals surface area contributed by atoms with E-state index in [0.29, 0.717) is 0 Å². The van der Waals surface area contributed by atoms with Crippen molar-refractivity contribution >= 4 is 6.09 Å². The van der Waals surface area contributed by atoms with E-state index in [0.717, 1.165) is 0 Å². The molecule has 10 nitrogen and oxygen atoms in total. The van der Waals surface area contributed by atoms with Crippen molar-refractivity contribution in [1.82, 2.24) is 4.90 Å². The van der Waals surface area contributed by atoms with E-state index in [1.165, 1.54) is 4.90 Å². The van der Waals surface area contributed by atoms with Gasteiger partial charge in [-0.3, -0.25) is 15.0 Å². The minimum atomic E-state index is -1.62. The van der Waals surface area contributed by atoms with Crippen LogP contribution in [-0.2, 0) is 18.9 Å². The lowest BCUT2D eigenvalue weighted by Gasteiger charge is -2.37. The Balaban J connectivity index is 3.28. The molecule has 10 heteroatoms. The molecule has 4 atom stereocenters.